The van der Waals surface area contributed by atoms with Gasteiger partial charge in [0.05, 0.1) is 21.3 Å². The van der Waals surface area contributed by atoms with Crippen LogP contribution in [0.15, 0.2) is 12.1 Å². The topological polar surface area (TPSA) is 68.8 Å². The summed E-state index contributed by atoms with van der Waals surface area (Å²) in [5, 5.41) is 6.42. The molecule has 1 aliphatic heterocycles. The minimum Gasteiger partial charge on any atom is -0.493 e. The van der Waals surface area contributed by atoms with Crippen LogP contribution in [-0.4, -0.2) is 45.9 Å². The number of piperidine rings is 1. The van der Waals surface area contributed by atoms with Crippen molar-refractivity contribution in [3.05, 3.63) is 17.7 Å². The maximum absolute atomic E-state index is 12.6. The number of carbonyl (C=O) groups excluding carboxylic acids is 1. The molecule has 130 valence electrons. The number of hydrogen-bond acceptors (Lipinski definition) is 5. The molecule has 7 heteroatoms. The van der Waals surface area contributed by atoms with Crippen LogP contribution in [0.4, 0.5) is 0 Å². The highest BCUT2D eigenvalue weighted by Gasteiger charge is 2.29. The fourth-order valence-electron chi connectivity index (χ4n) is 2.66. The van der Waals surface area contributed by atoms with Crippen molar-refractivity contribution in [3.63, 3.8) is 0 Å². The minimum absolute atomic E-state index is 0. The van der Waals surface area contributed by atoms with Gasteiger partial charge < -0.3 is 24.8 Å². The molecule has 1 aliphatic rings. The number of rotatable bonds is 5. The molecule has 0 bridgehead atoms. The summed E-state index contributed by atoms with van der Waals surface area (Å²) in [5.41, 5.74) is 0.303. The molecule has 1 amide bonds. The van der Waals surface area contributed by atoms with Gasteiger partial charge in [-0.05, 0) is 45.0 Å². The van der Waals surface area contributed by atoms with Crippen molar-refractivity contribution in [2.45, 2.75) is 25.3 Å². The average Bonchev–Trinajstić information content (AvgIpc) is 2.53. The summed E-state index contributed by atoms with van der Waals surface area (Å²) in [7, 11) is 4.61. The highest BCUT2D eigenvalue weighted by Crippen LogP contribution is 2.38. The lowest BCUT2D eigenvalue weighted by Gasteiger charge is -2.35. The van der Waals surface area contributed by atoms with Gasteiger partial charge in [-0.15, -0.1) is 12.4 Å². The SMILES string of the molecule is COc1cc(C(=O)NC2(C)CCNCC2)cc(OC)c1OC.Cl. The van der Waals surface area contributed by atoms with E-state index >= 15 is 0 Å². The molecular formula is C16H25ClN2O4. The first-order valence-corrected chi connectivity index (χ1v) is 7.36. The Bertz CT molecular complexity index is 520. The van der Waals surface area contributed by atoms with Crippen molar-refractivity contribution in [1.82, 2.24) is 10.6 Å². The summed E-state index contributed by atoms with van der Waals surface area (Å²) in [5.74, 6) is 1.29. The zero-order chi connectivity index (χ0) is 16.2. The second kappa shape index (κ2) is 8.26. The first-order valence-electron chi connectivity index (χ1n) is 7.36. The fraction of sp³-hybridized carbons (Fsp3) is 0.562. The third kappa shape index (κ3) is 4.42. The van der Waals surface area contributed by atoms with Crippen LogP contribution in [-0.2, 0) is 0 Å². The molecule has 2 rings (SSSR count). The zero-order valence-corrected chi connectivity index (χ0v) is 14.8. The number of hydrogen-bond donors (Lipinski definition) is 2. The van der Waals surface area contributed by atoms with Gasteiger partial charge >= 0.3 is 0 Å². The van der Waals surface area contributed by atoms with Crippen molar-refractivity contribution < 1.29 is 19.0 Å². The van der Waals surface area contributed by atoms with Crippen LogP contribution in [0, 0.1) is 0 Å². The Morgan fingerprint density at radius 3 is 2.04 bits per heavy atom. The van der Waals surface area contributed by atoms with E-state index in [1.807, 2.05) is 0 Å². The number of carbonyl (C=O) groups is 1. The largest absolute Gasteiger partial charge is 0.493 e. The molecule has 1 fully saturated rings. The van der Waals surface area contributed by atoms with Crippen LogP contribution < -0.4 is 24.8 Å². The van der Waals surface area contributed by atoms with E-state index < -0.39 is 0 Å². The van der Waals surface area contributed by atoms with Gasteiger partial charge in [-0.3, -0.25) is 4.79 Å². The van der Waals surface area contributed by atoms with E-state index in [0.717, 1.165) is 25.9 Å². The van der Waals surface area contributed by atoms with E-state index in [0.29, 0.717) is 22.8 Å². The fourth-order valence-corrected chi connectivity index (χ4v) is 2.66. The van der Waals surface area contributed by atoms with Crippen LogP contribution >= 0.6 is 12.4 Å². The second-order valence-corrected chi connectivity index (χ2v) is 5.68. The number of methoxy groups -OCH3 is 3. The second-order valence-electron chi connectivity index (χ2n) is 5.68. The number of amides is 1. The molecule has 1 saturated heterocycles. The molecule has 0 spiro atoms. The highest BCUT2D eigenvalue weighted by atomic mass is 35.5. The molecule has 6 nitrogen and oxygen atoms in total. The molecule has 0 saturated carbocycles. The molecular weight excluding hydrogens is 320 g/mol. The van der Waals surface area contributed by atoms with Gasteiger partial charge in [0, 0.05) is 11.1 Å². The summed E-state index contributed by atoms with van der Waals surface area (Å²) in [6.07, 6.45) is 1.81. The van der Waals surface area contributed by atoms with E-state index in [1.54, 1.807) is 12.1 Å². The number of nitrogens with one attached hydrogen (secondary N) is 2. The summed E-state index contributed by atoms with van der Waals surface area (Å²) in [6, 6.07) is 3.34. The molecule has 1 aromatic carbocycles. The highest BCUT2D eigenvalue weighted by molar-refractivity contribution is 5.96. The Balaban J connectivity index is 0.00000264. The van der Waals surface area contributed by atoms with E-state index in [-0.39, 0.29) is 23.9 Å². The van der Waals surface area contributed by atoms with Gasteiger partial charge in [-0.2, -0.15) is 0 Å². The van der Waals surface area contributed by atoms with E-state index in [2.05, 4.69) is 17.6 Å². The van der Waals surface area contributed by atoms with E-state index in [1.165, 1.54) is 21.3 Å². The third-order valence-electron chi connectivity index (χ3n) is 4.05. The molecule has 1 aromatic rings. The standard InChI is InChI=1S/C16H24N2O4.ClH/c1-16(5-7-17-8-6-16)18-15(19)11-9-12(20-2)14(22-4)13(10-11)21-3;/h9-10,17H,5-8H2,1-4H3,(H,18,19);1H. The quantitative estimate of drug-likeness (QED) is 0.855. The minimum atomic E-state index is -0.192. The number of ether oxygens (including phenoxy) is 3. The van der Waals surface area contributed by atoms with Gasteiger partial charge in [-0.1, -0.05) is 0 Å². The Morgan fingerprint density at radius 1 is 1.09 bits per heavy atom. The monoisotopic (exact) mass is 344 g/mol. The Hall–Kier alpha value is -1.66. The van der Waals surface area contributed by atoms with Gasteiger partial charge in [0.15, 0.2) is 11.5 Å². The molecule has 0 unspecified atom stereocenters. The average molecular weight is 345 g/mol. The predicted octanol–water partition coefficient (Wildman–Crippen LogP) is 2.01. The number of benzene rings is 1. The van der Waals surface area contributed by atoms with Crippen molar-refractivity contribution in [3.8, 4) is 17.2 Å². The summed E-state index contributed by atoms with van der Waals surface area (Å²) in [6.45, 7) is 3.89. The first-order chi connectivity index (χ1) is 10.5. The normalized spacial score (nSPS) is 16.0. The Kier molecular flexibility index (Phi) is 6.97. The van der Waals surface area contributed by atoms with Gasteiger partial charge in [0.2, 0.25) is 5.75 Å². The molecule has 0 radical (unpaired) electrons. The Morgan fingerprint density at radius 2 is 1.61 bits per heavy atom. The van der Waals surface area contributed by atoms with Crippen LogP contribution in [0.2, 0.25) is 0 Å². The van der Waals surface area contributed by atoms with Crippen molar-refractivity contribution >= 4 is 18.3 Å². The van der Waals surface area contributed by atoms with E-state index in [4.69, 9.17) is 14.2 Å². The van der Waals surface area contributed by atoms with Crippen LogP contribution in [0.25, 0.3) is 0 Å². The molecule has 0 aliphatic carbocycles. The summed E-state index contributed by atoms with van der Waals surface area (Å²) < 4.78 is 15.9. The van der Waals surface area contributed by atoms with Crippen LogP contribution in [0.1, 0.15) is 30.1 Å². The van der Waals surface area contributed by atoms with Crippen LogP contribution in [0.5, 0.6) is 17.2 Å². The smallest absolute Gasteiger partial charge is 0.251 e. The maximum atomic E-state index is 12.6. The molecule has 0 atom stereocenters. The zero-order valence-electron chi connectivity index (χ0n) is 14.0. The lowest BCUT2D eigenvalue weighted by molar-refractivity contribution is 0.0886. The molecule has 1 heterocycles. The third-order valence-corrected chi connectivity index (χ3v) is 4.05. The van der Waals surface area contributed by atoms with Gasteiger partial charge in [0.1, 0.15) is 0 Å². The van der Waals surface area contributed by atoms with Crippen LogP contribution in [0.3, 0.4) is 0 Å². The van der Waals surface area contributed by atoms with Gasteiger partial charge in [0.25, 0.3) is 5.91 Å². The van der Waals surface area contributed by atoms with Crippen molar-refractivity contribution in [2.24, 2.45) is 0 Å². The molecule has 2 N–H and O–H groups in total. The van der Waals surface area contributed by atoms with Crippen molar-refractivity contribution in [1.29, 1.82) is 0 Å². The van der Waals surface area contributed by atoms with Crippen molar-refractivity contribution in [2.75, 3.05) is 34.4 Å². The lowest BCUT2D eigenvalue weighted by atomic mass is 9.90. The Labute approximate surface area is 143 Å². The maximum Gasteiger partial charge on any atom is 0.251 e. The first kappa shape index (κ1) is 19.4. The summed E-state index contributed by atoms with van der Waals surface area (Å²) >= 11 is 0. The number of halogens is 1. The molecule has 0 aromatic heterocycles. The predicted molar refractivity (Wildman–Crippen MR) is 91.3 cm³/mol. The van der Waals surface area contributed by atoms with Gasteiger partial charge in [-0.25, -0.2) is 0 Å². The molecule has 23 heavy (non-hydrogen) atoms. The van der Waals surface area contributed by atoms with E-state index in [9.17, 15) is 4.79 Å². The summed E-state index contributed by atoms with van der Waals surface area (Å²) in [4.78, 5) is 12.6. The lowest BCUT2D eigenvalue weighted by Crippen LogP contribution is -2.52.